The van der Waals surface area contributed by atoms with Crippen LogP contribution in [-0.4, -0.2) is 43.0 Å². The fourth-order valence-corrected chi connectivity index (χ4v) is 4.92. The van der Waals surface area contributed by atoms with Crippen LogP contribution in [0.25, 0.3) is 11.3 Å². The zero-order valence-electron chi connectivity index (χ0n) is 17.2. The lowest BCUT2D eigenvalue weighted by Gasteiger charge is -2.22. The molecule has 3 heterocycles. The average molecular weight is 414 g/mol. The van der Waals surface area contributed by atoms with Gasteiger partial charge in [-0.25, -0.2) is 4.98 Å². The molecule has 154 valence electrons. The summed E-state index contributed by atoms with van der Waals surface area (Å²) in [5.74, 6) is 0.211. The number of anilines is 2. The monoisotopic (exact) mass is 413 g/mol. The van der Waals surface area contributed by atoms with E-state index in [0.29, 0.717) is 11.7 Å². The molecular formula is C22H29N4O2S+. The fourth-order valence-electron chi connectivity index (χ4n) is 4.18. The molecule has 0 unspecified atom stereocenters. The maximum atomic E-state index is 12.4. The van der Waals surface area contributed by atoms with Crippen LogP contribution in [0.3, 0.4) is 0 Å². The number of benzene rings is 1. The molecule has 2 aliphatic rings. The number of rotatable bonds is 5. The van der Waals surface area contributed by atoms with Gasteiger partial charge in [0.1, 0.15) is 0 Å². The molecule has 2 amide bonds. The maximum Gasteiger partial charge on any atom is 0.281 e. The number of carbonyl (C=O) groups excluding carboxylic acids is 2. The molecule has 2 aromatic rings. The molecule has 29 heavy (non-hydrogen) atoms. The molecule has 0 bridgehead atoms. The van der Waals surface area contributed by atoms with Crippen LogP contribution in [0.5, 0.6) is 0 Å². The van der Waals surface area contributed by atoms with Gasteiger partial charge in [-0.1, -0.05) is 19.9 Å². The second-order valence-corrected chi connectivity index (χ2v) is 9.17. The maximum absolute atomic E-state index is 12.4. The van der Waals surface area contributed by atoms with E-state index in [1.807, 2.05) is 36.3 Å². The van der Waals surface area contributed by atoms with E-state index in [-0.39, 0.29) is 17.7 Å². The average Bonchev–Trinajstić information content (AvgIpc) is 3.34. The molecule has 6 nitrogen and oxygen atoms in total. The Labute approximate surface area is 175 Å². The highest BCUT2D eigenvalue weighted by Crippen LogP contribution is 2.34. The van der Waals surface area contributed by atoms with Crippen molar-refractivity contribution in [3.8, 4) is 11.3 Å². The molecule has 0 atom stereocenters. The van der Waals surface area contributed by atoms with Gasteiger partial charge in [0.25, 0.3) is 5.91 Å². The topological polar surface area (TPSA) is 66.7 Å². The molecule has 0 aliphatic carbocycles. The lowest BCUT2D eigenvalue weighted by molar-refractivity contribution is -0.896. The lowest BCUT2D eigenvalue weighted by Crippen LogP contribution is -3.13. The number of nitrogens with zero attached hydrogens (tertiary/aromatic N) is 2. The number of thiazole rings is 1. The Kier molecular flexibility index (Phi) is 5.96. The van der Waals surface area contributed by atoms with Crippen LogP contribution in [0.15, 0.2) is 23.6 Å². The summed E-state index contributed by atoms with van der Waals surface area (Å²) in [6, 6.07) is 6.17. The lowest BCUT2D eigenvalue weighted by atomic mass is 10.1. The van der Waals surface area contributed by atoms with Crippen molar-refractivity contribution in [2.45, 2.75) is 39.5 Å². The third-order valence-corrected chi connectivity index (χ3v) is 6.51. The van der Waals surface area contributed by atoms with Gasteiger partial charge in [-0.2, -0.15) is 0 Å². The van der Waals surface area contributed by atoms with Crippen LogP contribution in [0.2, 0.25) is 0 Å². The summed E-state index contributed by atoms with van der Waals surface area (Å²) >= 11 is 1.46. The van der Waals surface area contributed by atoms with Crippen molar-refractivity contribution in [3.05, 3.63) is 29.1 Å². The van der Waals surface area contributed by atoms with Crippen molar-refractivity contribution in [2.75, 3.05) is 36.4 Å². The SMILES string of the molecule is CC(C)C(=O)N1CCc2cc(-c3csc(NC(=O)C[NH+]4CCCCC4)n3)ccc21. The van der Waals surface area contributed by atoms with E-state index in [4.69, 9.17) is 0 Å². The molecule has 0 saturated carbocycles. The zero-order valence-corrected chi connectivity index (χ0v) is 18.0. The first kappa shape index (κ1) is 20.0. The van der Waals surface area contributed by atoms with Crippen LogP contribution in [-0.2, 0) is 16.0 Å². The number of likely N-dealkylation sites (tertiary alicyclic amines) is 1. The Morgan fingerprint density at radius 2 is 2.03 bits per heavy atom. The van der Waals surface area contributed by atoms with E-state index >= 15 is 0 Å². The first-order chi connectivity index (χ1) is 14.0. The third-order valence-electron chi connectivity index (χ3n) is 5.75. The largest absolute Gasteiger partial charge is 0.327 e. The summed E-state index contributed by atoms with van der Waals surface area (Å²) < 4.78 is 0. The van der Waals surface area contributed by atoms with Gasteiger partial charge in [0, 0.05) is 29.1 Å². The van der Waals surface area contributed by atoms with Crippen LogP contribution >= 0.6 is 11.3 Å². The van der Waals surface area contributed by atoms with Crippen LogP contribution in [0.1, 0.15) is 38.7 Å². The van der Waals surface area contributed by atoms with Gasteiger partial charge in [0.2, 0.25) is 5.91 Å². The number of nitrogens with one attached hydrogen (secondary N) is 2. The Morgan fingerprint density at radius 1 is 1.24 bits per heavy atom. The number of quaternary nitrogens is 1. The van der Waals surface area contributed by atoms with Crippen molar-refractivity contribution in [1.29, 1.82) is 0 Å². The van der Waals surface area contributed by atoms with Crippen molar-refractivity contribution in [2.24, 2.45) is 5.92 Å². The van der Waals surface area contributed by atoms with Crippen molar-refractivity contribution >= 4 is 34.0 Å². The quantitative estimate of drug-likeness (QED) is 0.791. The predicted octanol–water partition coefficient (Wildman–Crippen LogP) is 2.36. The Balaban J connectivity index is 1.42. The van der Waals surface area contributed by atoms with Gasteiger partial charge in [-0.15, -0.1) is 11.3 Å². The number of piperidine rings is 1. The van der Waals surface area contributed by atoms with Gasteiger partial charge in [0.15, 0.2) is 11.7 Å². The van der Waals surface area contributed by atoms with Gasteiger partial charge >= 0.3 is 0 Å². The summed E-state index contributed by atoms with van der Waals surface area (Å²) in [6.45, 7) is 7.31. The Morgan fingerprint density at radius 3 is 2.79 bits per heavy atom. The summed E-state index contributed by atoms with van der Waals surface area (Å²) in [7, 11) is 0. The highest BCUT2D eigenvalue weighted by Gasteiger charge is 2.26. The highest BCUT2D eigenvalue weighted by molar-refractivity contribution is 7.14. The smallest absolute Gasteiger partial charge is 0.281 e. The Hall–Kier alpha value is -2.25. The zero-order chi connectivity index (χ0) is 20.4. The number of hydrogen-bond donors (Lipinski definition) is 2. The number of amides is 2. The van der Waals surface area contributed by atoms with E-state index in [9.17, 15) is 9.59 Å². The van der Waals surface area contributed by atoms with E-state index in [2.05, 4.69) is 16.4 Å². The molecule has 1 aromatic carbocycles. The third kappa shape index (κ3) is 4.51. The molecule has 7 heteroatoms. The molecule has 2 aliphatic heterocycles. The molecule has 1 fully saturated rings. The van der Waals surface area contributed by atoms with Crippen LogP contribution in [0.4, 0.5) is 10.8 Å². The predicted molar refractivity (Wildman–Crippen MR) is 116 cm³/mol. The van der Waals surface area contributed by atoms with E-state index in [1.54, 1.807) is 0 Å². The molecule has 2 N–H and O–H groups in total. The Bertz CT molecular complexity index is 902. The summed E-state index contributed by atoms with van der Waals surface area (Å²) in [6.07, 6.45) is 4.57. The van der Waals surface area contributed by atoms with Gasteiger partial charge in [0.05, 0.1) is 18.8 Å². The fraction of sp³-hybridized carbons (Fsp3) is 0.500. The number of hydrogen-bond acceptors (Lipinski definition) is 4. The van der Waals surface area contributed by atoms with Crippen molar-refractivity contribution < 1.29 is 14.5 Å². The normalized spacial score (nSPS) is 16.9. The van der Waals surface area contributed by atoms with Crippen molar-refractivity contribution in [3.63, 3.8) is 0 Å². The summed E-state index contributed by atoms with van der Waals surface area (Å²) in [5, 5.41) is 5.60. The molecule has 0 spiro atoms. The minimum atomic E-state index is -0.00268. The first-order valence-electron chi connectivity index (χ1n) is 10.5. The minimum Gasteiger partial charge on any atom is -0.327 e. The molecule has 1 aromatic heterocycles. The first-order valence-corrected chi connectivity index (χ1v) is 11.4. The second kappa shape index (κ2) is 8.63. The van der Waals surface area contributed by atoms with Gasteiger partial charge in [-0.05, 0) is 43.4 Å². The second-order valence-electron chi connectivity index (χ2n) is 8.31. The van der Waals surface area contributed by atoms with Crippen LogP contribution in [0, 0.1) is 5.92 Å². The summed E-state index contributed by atoms with van der Waals surface area (Å²) in [5.41, 5.74) is 4.09. The highest BCUT2D eigenvalue weighted by atomic mass is 32.1. The standard InChI is InChI=1S/C22H28N4O2S/c1-15(2)21(28)26-11-8-17-12-16(6-7-19(17)26)18-14-29-22(23-18)24-20(27)13-25-9-4-3-5-10-25/h6-7,12,14-15H,3-5,8-11,13H2,1-2H3,(H,23,24,27)/p+1. The number of aromatic nitrogens is 1. The molecular weight excluding hydrogens is 384 g/mol. The number of fused-ring (bicyclic) bond motifs is 1. The van der Waals surface area contributed by atoms with E-state index in [1.165, 1.54) is 41.1 Å². The molecule has 4 rings (SSSR count). The van der Waals surface area contributed by atoms with E-state index in [0.717, 1.165) is 43.0 Å². The van der Waals surface area contributed by atoms with Crippen LogP contribution < -0.4 is 15.1 Å². The molecule has 1 saturated heterocycles. The minimum absolute atomic E-state index is 0.00268. The number of carbonyl (C=O) groups is 2. The summed E-state index contributed by atoms with van der Waals surface area (Å²) in [4.78, 5) is 32.6. The van der Waals surface area contributed by atoms with Crippen molar-refractivity contribution in [1.82, 2.24) is 4.98 Å². The van der Waals surface area contributed by atoms with E-state index < -0.39 is 0 Å². The van der Waals surface area contributed by atoms with Gasteiger partial charge in [-0.3, -0.25) is 14.9 Å². The molecule has 0 radical (unpaired) electrons. The van der Waals surface area contributed by atoms with Gasteiger partial charge < -0.3 is 9.80 Å².